The summed E-state index contributed by atoms with van der Waals surface area (Å²) in [5, 5.41) is 11.2. The van der Waals surface area contributed by atoms with Crippen LogP contribution in [0.5, 0.6) is 5.75 Å². The summed E-state index contributed by atoms with van der Waals surface area (Å²) in [7, 11) is 1.61. The van der Waals surface area contributed by atoms with Crippen molar-refractivity contribution in [3.05, 3.63) is 64.5 Å². The van der Waals surface area contributed by atoms with Gasteiger partial charge in [0.05, 0.1) is 12.8 Å². The average Bonchev–Trinajstić information content (AvgIpc) is 2.98. The summed E-state index contributed by atoms with van der Waals surface area (Å²) >= 11 is 0. The molecular weight excluding hydrogens is 328 g/mol. The first kappa shape index (κ1) is 17.7. The fraction of sp³-hybridized carbons (Fsp3) is 0.250. The van der Waals surface area contributed by atoms with Crippen LogP contribution in [-0.2, 0) is 0 Å². The molecule has 1 N–H and O–H groups in total. The molecule has 0 aliphatic carbocycles. The highest BCUT2D eigenvalue weighted by Gasteiger charge is 2.20. The second kappa shape index (κ2) is 7.00. The van der Waals surface area contributed by atoms with Gasteiger partial charge in [-0.3, -0.25) is 4.79 Å². The number of hydrogen-bond donors (Lipinski definition) is 1. The molecule has 2 aromatic carbocycles. The van der Waals surface area contributed by atoms with Crippen LogP contribution >= 0.6 is 0 Å². The predicted molar refractivity (Wildman–Crippen MR) is 101 cm³/mol. The van der Waals surface area contributed by atoms with Crippen LogP contribution in [0.3, 0.4) is 0 Å². The second-order valence-corrected chi connectivity index (χ2v) is 6.38. The number of carbonyl (C=O) groups excluding carboxylic acids is 1. The standard InChI is InChI=1S/C20H22N4O2/c1-12-6-8-16(14(3)10-12)21-20(25)19-15(4)24(23-22-19)17-11-13(2)7-9-18(17)26-5/h6-11H,1-5H3,(H,21,25). The Morgan fingerprint density at radius 1 is 1.04 bits per heavy atom. The van der Waals surface area contributed by atoms with E-state index in [9.17, 15) is 4.79 Å². The number of benzene rings is 2. The van der Waals surface area contributed by atoms with E-state index in [1.165, 1.54) is 0 Å². The molecule has 0 saturated heterocycles. The number of ether oxygens (including phenoxy) is 1. The highest BCUT2D eigenvalue weighted by Crippen LogP contribution is 2.25. The van der Waals surface area contributed by atoms with Crippen molar-refractivity contribution < 1.29 is 9.53 Å². The van der Waals surface area contributed by atoms with Gasteiger partial charge in [-0.1, -0.05) is 29.0 Å². The Morgan fingerprint density at radius 2 is 1.73 bits per heavy atom. The number of amides is 1. The Bertz CT molecular complexity index is 976. The molecule has 1 heterocycles. The molecule has 6 heteroatoms. The largest absolute Gasteiger partial charge is 0.494 e. The number of carbonyl (C=O) groups is 1. The van der Waals surface area contributed by atoms with Gasteiger partial charge in [-0.15, -0.1) is 5.10 Å². The van der Waals surface area contributed by atoms with E-state index in [1.54, 1.807) is 11.8 Å². The van der Waals surface area contributed by atoms with Gasteiger partial charge in [0, 0.05) is 5.69 Å². The molecule has 6 nitrogen and oxygen atoms in total. The molecule has 0 saturated carbocycles. The fourth-order valence-electron chi connectivity index (χ4n) is 2.87. The van der Waals surface area contributed by atoms with Crippen molar-refractivity contribution in [2.75, 3.05) is 12.4 Å². The molecular formula is C20H22N4O2. The van der Waals surface area contributed by atoms with Crippen molar-refractivity contribution in [3.8, 4) is 11.4 Å². The maximum Gasteiger partial charge on any atom is 0.278 e. The van der Waals surface area contributed by atoms with Gasteiger partial charge >= 0.3 is 0 Å². The van der Waals surface area contributed by atoms with E-state index in [2.05, 4.69) is 15.6 Å². The zero-order chi connectivity index (χ0) is 18.8. The fourth-order valence-corrected chi connectivity index (χ4v) is 2.87. The summed E-state index contributed by atoms with van der Waals surface area (Å²) < 4.78 is 7.04. The number of hydrogen-bond acceptors (Lipinski definition) is 4. The normalized spacial score (nSPS) is 10.7. The maximum atomic E-state index is 12.7. The van der Waals surface area contributed by atoms with Crippen LogP contribution in [0.4, 0.5) is 5.69 Å². The van der Waals surface area contributed by atoms with E-state index in [4.69, 9.17) is 4.74 Å². The van der Waals surface area contributed by atoms with Crippen molar-refractivity contribution in [2.45, 2.75) is 27.7 Å². The summed E-state index contributed by atoms with van der Waals surface area (Å²) in [6.07, 6.45) is 0. The van der Waals surface area contributed by atoms with Gasteiger partial charge in [0.15, 0.2) is 5.69 Å². The lowest BCUT2D eigenvalue weighted by Crippen LogP contribution is -2.15. The molecule has 0 spiro atoms. The van der Waals surface area contributed by atoms with Crippen LogP contribution in [0.1, 0.15) is 32.9 Å². The first-order valence-electron chi connectivity index (χ1n) is 8.36. The molecule has 0 bridgehead atoms. The minimum atomic E-state index is -0.285. The van der Waals surface area contributed by atoms with E-state index in [-0.39, 0.29) is 11.6 Å². The van der Waals surface area contributed by atoms with E-state index in [0.717, 1.165) is 28.1 Å². The van der Waals surface area contributed by atoms with Crippen LogP contribution in [0.25, 0.3) is 5.69 Å². The van der Waals surface area contributed by atoms with Gasteiger partial charge in [-0.25, -0.2) is 4.68 Å². The van der Waals surface area contributed by atoms with Crippen LogP contribution < -0.4 is 10.1 Å². The molecule has 0 radical (unpaired) electrons. The molecule has 0 aliphatic heterocycles. The van der Waals surface area contributed by atoms with Crippen molar-refractivity contribution in [1.29, 1.82) is 0 Å². The molecule has 3 rings (SSSR count). The summed E-state index contributed by atoms with van der Waals surface area (Å²) in [6.45, 7) is 7.79. The summed E-state index contributed by atoms with van der Waals surface area (Å²) in [5.41, 5.74) is 5.67. The second-order valence-electron chi connectivity index (χ2n) is 6.38. The lowest BCUT2D eigenvalue weighted by Gasteiger charge is -2.11. The van der Waals surface area contributed by atoms with Crippen molar-refractivity contribution in [1.82, 2.24) is 15.0 Å². The zero-order valence-corrected chi connectivity index (χ0v) is 15.6. The molecule has 26 heavy (non-hydrogen) atoms. The smallest absolute Gasteiger partial charge is 0.278 e. The zero-order valence-electron chi connectivity index (χ0n) is 15.6. The minimum Gasteiger partial charge on any atom is -0.494 e. The van der Waals surface area contributed by atoms with Crippen LogP contribution in [-0.4, -0.2) is 28.0 Å². The topological polar surface area (TPSA) is 69.0 Å². The number of aryl methyl sites for hydroxylation is 3. The van der Waals surface area contributed by atoms with E-state index in [0.29, 0.717) is 11.4 Å². The molecule has 0 aliphatic rings. The number of aromatic nitrogens is 3. The summed E-state index contributed by atoms with van der Waals surface area (Å²) in [5.74, 6) is 0.386. The summed E-state index contributed by atoms with van der Waals surface area (Å²) in [6, 6.07) is 11.7. The van der Waals surface area contributed by atoms with E-state index in [1.807, 2.05) is 64.1 Å². The summed E-state index contributed by atoms with van der Waals surface area (Å²) in [4.78, 5) is 12.7. The van der Waals surface area contributed by atoms with E-state index >= 15 is 0 Å². The van der Waals surface area contributed by atoms with Crippen LogP contribution in [0, 0.1) is 27.7 Å². The first-order valence-corrected chi connectivity index (χ1v) is 8.36. The molecule has 1 amide bonds. The Morgan fingerprint density at radius 3 is 2.42 bits per heavy atom. The van der Waals surface area contributed by atoms with Gasteiger partial charge < -0.3 is 10.1 Å². The molecule has 1 aromatic heterocycles. The lowest BCUT2D eigenvalue weighted by molar-refractivity contribution is 0.102. The molecule has 134 valence electrons. The van der Waals surface area contributed by atoms with Gasteiger partial charge in [0.1, 0.15) is 11.4 Å². The Balaban J connectivity index is 1.94. The minimum absolute atomic E-state index is 0.285. The van der Waals surface area contributed by atoms with Crippen LogP contribution in [0.2, 0.25) is 0 Å². The van der Waals surface area contributed by atoms with Gasteiger partial charge in [-0.2, -0.15) is 0 Å². The van der Waals surface area contributed by atoms with Gasteiger partial charge in [0.2, 0.25) is 0 Å². The van der Waals surface area contributed by atoms with Crippen LogP contribution in [0.15, 0.2) is 36.4 Å². The predicted octanol–water partition coefficient (Wildman–Crippen LogP) is 3.76. The number of nitrogens with zero attached hydrogens (tertiary/aromatic N) is 3. The third-order valence-corrected chi connectivity index (χ3v) is 4.30. The van der Waals surface area contributed by atoms with Gasteiger partial charge in [0.25, 0.3) is 5.91 Å². The van der Waals surface area contributed by atoms with Crippen molar-refractivity contribution >= 4 is 11.6 Å². The highest BCUT2D eigenvalue weighted by molar-refractivity contribution is 6.04. The first-order chi connectivity index (χ1) is 12.4. The SMILES string of the molecule is COc1ccc(C)cc1-n1nnc(C(=O)Nc2ccc(C)cc2C)c1C. The number of methoxy groups -OCH3 is 1. The number of anilines is 1. The molecule has 0 unspecified atom stereocenters. The number of nitrogens with one attached hydrogen (secondary N) is 1. The average molecular weight is 350 g/mol. The molecule has 0 atom stereocenters. The Kier molecular flexibility index (Phi) is 4.75. The van der Waals surface area contributed by atoms with E-state index < -0.39 is 0 Å². The van der Waals surface area contributed by atoms with Crippen molar-refractivity contribution in [2.24, 2.45) is 0 Å². The monoisotopic (exact) mass is 350 g/mol. The third kappa shape index (κ3) is 3.31. The van der Waals surface area contributed by atoms with Gasteiger partial charge in [-0.05, 0) is 57.0 Å². The highest BCUT2D eigenvalue weighted by atomic mass is 16.5. The van der Waals surface area contributed by atoms with Crippen molar-refractivity contribution in [3.63, 3.8) is 0 Å². The quantitative estimate of drug-likeness (QED) is 0.778. The lowest BCUT2D eigenvalue weighted by atomic mass is 10.1. The molecule has 0 fully saturated rings. The maximum absolute atomic E-state index is 12.7. The molecule has 3 aromatic rings. The Hall–Kier alpha value is -3.15. The Labute approximate surface area is 152 Å². The number of rotatable bonds is 4. The third-order valence-electron chi connectivity index (χ3n) is 4.30.